The Morgan fingerprint density at radius 2 is 2.00 bits per heavy atom. The molecule has 0 fully saturated rings. The Labute approximate surface area is 112 Å². The van der Waals surface area contributed by atoms with Gasteiger partial charge in [-0.15, -0.1) is 0 Å². The zero-order valence-corrected chi connectivity index (χ0v) is 11.4. The van der Waals surface area contributed by atoms with Gasteiger partial charge in [0.15, 0.2) is 0 Å². The lowest BCUT2D eigenvalue weighted by Crippen LogP contribution is -2.22. The molecule has 0 aliphatic rings. The Bertz CT molecular complexity index is 376. The third-order valence-electron chi connectivity index (χ3n) is 2.48. The summed E-state index contributed by atoms with van der Waals surface area (Å²) < 4.78 is 5.37. The maximum atomic E-state index is 8.97. The number of ether oxygens (including phenoxy) is 1. The van der Waals surface area contributed by atoms with E-state index in [1.54, 1.807) is 0 Å². The summed E-state index contributed by atoms with van der Waals surface area (Å²) in [6, 6.07) is 0.322. The van der Waals surface area contributed by atoms with E-state index < -0.39 is 0 Å². The van der Waals surface area contributed by atoms with Crippen LogP contribution in [0.3, 0.4) is 0 Å². The van der Waals surface area contributed by atoms with Crippen molar-refractivity contribution in [2.45, 2.75) is 39.2 Å². The number of aromatic nitrogens is 3. The lowest BCUT2D eigenvalue weighted by atomic mass is 10.2. The molecule has 5 N–H and O–H groups in total. The molecular weight excluding hydrogens is 248 g/mol. The van der Waals surface area contributed by atoms with E-state index in [1.807, 2.05) is 13.8 Å². The number of hydrogen-bond donors (Lipinski definition) is 4. The quantitative estimate of drug-likeness (QED) is 0.379. The smallest absolute Gasteiger partial charge is 0.323 e. The molecule has 1 unspecified atom stereocenters. The first-order chi connectivity index (χ1) is 9.23. The number of nitrogens with one attached hydrogen (secondary N) is 2. The SMILES string of the molecule is CCCOc1nc(NN)nc(NC(CC)CCO)n1. The Kier molecular flexibility index (Phi) is 6.83. The van der Waals surface area contributed by atoms with Crippen molar-refractivity contribution in [1.82, 2.24) is 15.0 Å². The van der Waals surface area contributed by atoms with E-state index in [0.29, 0.717) is 19.0 Å². The van der Waals surface area contributed by atoms with E-state index in [9.17, 15) is 0 Å². The molecule has 0 amide bonds. The standard InChI is InChI=1S/C11H22N6O2/c1-3-7-19-11-15-9(14-10(16-11)17-12)13-8(4-2)5-6-18/h8,18H,3-7,12H2,1-2H3,(H2,13,14,15,16,17). The Hall–Kier alpha value is -1.67. The van der Waals surface area contributed by atoms with Gasteiger partial charge in [-0.25, -0.2) is 5.84 Å². The van der Waals surface area contributed by atoms with E-state index in [1.165, 1.54) is 0 Å². The van der Waals surface area contributed by atoms with E-state index in [-0.39, 0.29) is 24.6 Å². The van der Waals surface area contributed by atoms with Gasteiger partial charge >= 0.3 is 6.01 Å². The number of hydrazine groups is 1. The molecule has 8 heteroatoms. The van der Waals surface area contributed by atoms with Crippen molar-refractivity contribution in [1.29, 1.82) is 0 Å². The molecule has 108 valence electrons. The van der Waals surface area contributed by atoms with E-state index in [4.69, 9.17) is 15.7 Å². The van der Waals surface area contributed by atoms with Crippen LogP contribution < -0.4 is 21.3 Å². The van der Waals surface area contributed by atoms with Crippen LogP contribution in [0.5, 0.6) is 6.01 Å². The molecule has 8 nitrogen and oxygen atoms in total. The minimum atomic E-state index is 0.0945. The highest BCUT2D eigenvalue weighted by atomic mass is 16.5. The summed E-state index contributed by atoms with van der Waals surface area (Å²) >= 11 is 0. The van der Waals surface area contributed by atoms with Crippen LogP contribution in [0.25, 0.3) is 0 Å². The van der Waals surface area contributed by atoms with Gasteiger partial charge in [0.1, 0.15) is 0 Å². The molecule has 1 aromatic rings. The molecular formula is C11H22N6O2. The van der Waals surface area contributed by atoms with E-state index in [2.05, 4.69) is 25.7 Å². The second kappa shape index (κ2) is 8.44. The molecule has 0 spiro atoms. The molecule has 1 atom stereocenters. The monoisotopic (exact) mass is 270 g/mol. The van der Waals surface area contributed by atoms with Gasteiger partial charge in [-0.3, -0.25) is 5.43 Å². The van der Waals surface area contributed by atoms with Crippen molar-refractivity contribution < 1.29 is 9.84 Å². The number of anilines is 2. The minimum Gasteiger partial charge on any atom is -0.463 e. The lowest BCUT2D eigenvalue weighted by Gasteiger charge is -2.16. The van der Waals surface area contributed by atoms with Gasteiger partial charge in [-0.1, -0.05) is 13.8 Å². The molecule has 0 radical (unpaired) electrons. The third-order valence-corrected chi connectivity index (χ3v) is 2.48. The van der Waals surface area contributed by atoms with Crippen LogP contribution in [-0.4, -0.2) is 39.3 Å². The first-order valence-corrected chi connectivity index (χ1v) is 6.46. The number of nitrogens with zero attached hydrogens (tertiary/aromatic N) is 3. The molecule has 1 heterocycles. The zero-order valence-electron chi connectivity index (χ0n) is 11.4. The van der Waals surface area contributed by atoms with Gasteiger partial charge in [0, 0.05) is 12.6 Å². The molecule has 0 aliphatic carbocycles. The Balaban J connectivity index is 2.80. The van der Waals surface area contributed by atoms with Crippen LogP contribution in [0, 0.1) is 0 Å². The van der Waals surface area contributed by atoms with E-state index >= 15 is 0 Å². The molecule has 0 saturated heterocycles. The van der Waals surface area contributed by atoms with Crippen LogP contribution in [0.4, 0.5) is 11.9 Å². The summed E-state index contributed by atoms with van der Waals surface area (Å²) in [4.78, 5) is 12.3. The number of hydrogen-bond acceptors (Lipinski definition) is 8. The molecule has 0 saturated carbocycles. The fourth-order valence-corrected chi connectivity index (χ4v) is 1.46. The predicted octanol–water partition coefficient (Wildman–Crippen LogP) is 0.519. The number of aliphatic hydroxyl groups excluding tert-OH is 1. The van der Waals surface area contributed by atoms with Gasteiger partial charge in [0.05, 0.1) is 6.61 Å². The maximum absolute atomic E-state index is 8.97. The number of aliphatic hydroxyl groups is 1. The first kappa shape index (κ1) is 15.4. The molecule has 19 heavy (non-hydrogen) atoms. The molecule has 0 bridgehead atoms. The summed E-state index contributed by atoms with van der Waals surface area (Å²) in [5.74, 6) is 5.93. The summed E-state index contributed by atoms with van der Waals surface area (Å²) in [5, 5.41) is 12.1. The molecule has 1 rings (SSSR count). The van der Waals surface area contributed by atoms with Crippen molar-refractivity contribution in [3.05, 3.63) is 0 Å². The Morgan fingerprint density at radius 3 is 2.58 bits per heavy atom. The number of nitrogen functional groups attached to an aromatic ring is 1. The molecule has 0 aliphatic heterocycles. The normalized spacial score (nSPS) is 12.0. The summed E-state index contributed by atoms with van der Waals surface area (Å²) in [6.07, 6.45) is 2.34. The third kappa shape index (κ3) is 5.23. The Morgan fingerprint density at radius 1 is 1.26 bits per heavy atom. The van der Waals surface area contributed by atoms with Gasteiger partial charge in [0.2, 0.25) is 11.9 Å². The van der Waals surface area contributed by atoms with Gasteiger partial charge in [-0.2, -0.15) is 15.0 Å². The van der Waals surface area contributed by atoms with Gasteiger partial charge in [0.25, 0.3) is 0 Å². The van der Waals surface area contributed by atoms with Crippen molar-refractivity contribution in [3.8, 4) is 6.01 Å². The minimum absolute atomic E-state index is 0.0945. The maximum Gasteiger partial charge on any atom is 0.323 e. The highest BCUT2D eigenvalue weighted by molar-refractivity contribution is 5.35. The van der Waals surface area contributed by atoms with Crippen LogP contribution in [0.2, 0.25) is 0 Å². The molecule has 0 aromatic carbocycles. The topological polar surface area (TPSA) is 118 Å². The summed E-state index contributed by atoms with van der Waals surface area (Å²) in [7, 11) is 0. The van der Waals surface area contributed by atoms with Crippen molar-refractivity contribution in [2.75, 3.05) is 24.0 Å². The van der Waals surface area contributed by atoms with E-state index in [0.717, 1.165) is 12.8 Å². The van der Waals surface area contributed by atoms with Crippen LogP contribution in [-0.2, 0) is 0 Å². The average molecular weight is 270 g/mol. The van der Waals surface area contributed by atoms with Crippen molar-refractivity contribution >= 4 is 11.9 Å². The van der Waals surface area contributed by atoms with Gasteiger partial charge in [-0.05, 0) is 19.3 Å². The summed E-state index contributed by atoms with van der Waals surface area (Å²) in [5.41, 5.74) is 2.38. The number of nitrogens with two attached hydrogens (primary N) is 1. The lowest BCUT2D eigenvalue weighted by molar-refractivity contribution is 0.277. The highest BCUT2D eigenvalue weighted by Gasteiger charge is 2.11. The predicted molar refractivity (Wildman–Crippen MR) is 72.8 cm³/mol. The zero-order chi connectivity index (χ0) is 14.1. The van der Waals surface area contributed by atoms with Crippen LogP contribution >= 0.6 is 0 Å². The van der Waals surface area contributed by atoms with Crippen LogP contribution in [0.1, 0.15) is 33.1 Å². The van der Waals surface area contributed by atoms with Gasteiger partial charge < -0.3 is 15.2 Å². The van der Waals surface area contributed by atoms with Crippen molar-refractivity contribution in [2.24, 2.45) is 5.84 Å². The van der Waals surface area contributed by atoms with Crippen LogP contribution in [0.15, 0.2) is 0 Å². The average Bonchev–Trinajstić information content (AvgIpc) is 2.44. The first-order valence-electron chi connectivity index (χ1n) is 6.46. The summed E-state index contributed by atoms with van der Waals surface area (Å²) in [6.45, 7) is 4.65. The number of rotatable bonds is 9. The fraction of sp³-hybridized carbons (Fsp3) is 0.727. The molecule has 1 aromatic heterocycles. The second-order valence-electron chi connectivity index (χ2n) is 4.02. The van der Waals surface area contributed by atoms with Crippen molar-refractivity contribution in [3.63, 3.8) is 0 Å². The second-order valence-corrected chi connectivity index (χ2v) is 4.02. The largest absolute Gasteiger partial charge is 0.463 e. The fourth-order valence-electron chi connectivity index (χ4n) is 1.46. The highest BCUT2D eigenvalue weighted by Crippen LogP contribution is 2.13.